The fourth-order valence-corrected chi connectivity index (χ4v) is 9.88. The van der Waals surface area contributed by atoms with Gasteiger partial charge in [-0.2, -0.15) is 0 Å². The molecule has 5 aliphatic rings. The number of nitrogens with one attached hydrogen (secondary N) is 2. The third-order valence-electron chi connectivity index (χ3n) is 13.6. The Kier molecular flexibility index (Phi) is 15.8. The standard InChI is InChI=1S/C24H29FN4O6S.C22H27FN4O5S/c1-23(21(30)26-32,36(2,33)34)7-10-28-15-19-13-18(14-29(19)22(28)31)5-3-4-6-24(25)8-11-27(12-9-24)20-16-35-17-20;1-21(19(28)24-30,33(3,31)32)8-13-26-16-18-14-17(15-27(18)20(26)29)6-4-5-7-22(23)9-11-25(2)12-10-22/h13-14,20,32H,7-12,15-17H2,1-2H3,(H,26,30);14-15,30H,8-13,16H2,1-3H3,(H,24,28)/t;21-/m.1/s1. The number of ether oxygens (including phenoxy) is 1. The molecule has 3 fully saturated rings. The van der Waals surface area contributed by atoms with E-state index in [0.29, 0.717) is 93.6 Å². The molecule has 3 saturated heterocycles. The molecule has 7 rings (SSSR count). The molecule has 7 heterocycles. The van der Waals surface area contributed by atoms with E-state index in [1.165, 1.54) is 43.7 Å². The van der Waals surface area contributed by atoms with Crippen LogP contribution in [0.5, 0.6) is 0 Å². The van der Waals surface area contributed by atoms with Gasteiger partial charge in [0, 0.05) is 112 Å². The number of carbonyl (C=O) groups excluding carboxylic acids is 4. The summed E-state index contributed by atoms with van der Waals surface area (Å²) in [6.45, 7) is 6.83. The van der Waals surface area contributed by atoms with Gasteiger partial charge in [-0.15, -0.1) is 0 Å². The maximum atomic E-state index is 15.0. The van der Waals surface area contributed by atoms with Crippen LogP contribution < -0.4 is 11.0 Å². The Morgan fingerprint density at radius 3 is 1.45 bits per heavy atom. The van der Waals surface area contributed by atoms with Crippen molar-refractivity contribution in [1.29, 1.82) is 0 Å². The van der Waals surface area contributed by atoms with Gasteiger partial charge in [-0.3, -0.25) is 34.0 Å². The van der Waals surface area contributed by atoms with E-state index < -0.39 is 52.3 Å². The summed E-state index contributed by atoms with van der Waals surface area (Å²) in [6.07, 6.45) is 5.90. The van der Waals surface area contributed by atoms with Crippen LogP contribution in [0.25, 0.3) is 0 Å². The van der Waals surface area contributed by atoms with Crippen LogP contribution in [0.1, 0.15) is 74.9 Å². The minimum absolute atomic E-state index is 0.00222. The van der Waals surface area contributed by atoms with Crippen LogP contribution in [0.3, 0.4) is 0 Å². The van der Waals surface area contributed by atoms with Gasteiger partial charge in [-0.25, -0.2) is 46.2 Å². The Hall–Kier alpha value is -5.76. The lowest BCUT2D eigenvalue weighted by atomic mass is 9.93. The highest BCUT2D eigenvalue weighted by molar-refractivity contribution is 7.93. The number of carbonyl (C=O) groups is 4. The number of hydroxylamine groups is 2. The van der Waals surface area contributed by atoms with E-state index >= 15 is 0 Å². The average Bonchev–Trinajstić information content (AvgIpc) is 4.03. The van der Waals surface area contributed by atoms with E-state index in [1.807, 2.05) is 7.05 Å². The van der Waals surface area contributed by atoms with Crippen molar-refractivity contribution >= 4 is 43.6 Å². The highest BCUT2D eigenvalue weighted by atomic mass is 32.2. The van der Waals surface area contributed by atoms with E-state index in [1.54, 1.807) is 24.5 Å². The van der Waals surface area contributed by atoms with Gasteiger partial charge in [-0.05, 0) is 81.4 Å². The van der Waals surface area contributed by atoms with E-state index in [2.05, 4.69) is 57.2 Å². The first kappa shape index (κ1) is 52.6. The van der Waals surface area contributed by atoms with Gasteiger partial charge in [0.25, 0.3) is 11.8 Å². The number of fused-ring (bicyclic) bond motifs is 2. The minimum Gasteiger partial charge on any atom is -0.378 e. The smallest absolute Gasteiger partial charge is 0.328 e. The molecule has 23 heteroatoms. The van der Waals surface area contributed by atoms with Crippen molar-refractivity contribution in [2.75, 3.05) is 72.0 Å². The molecule has 4 N–H and O–H groups in total. The first-order valence-corrected chi connectivity index (χ1v) is 25.9. The molecule has 0 aliphatic carbocycles. The molecule has 372 valence electrons. The maximum Gasteiger partial charge on any atom is 0.328 e. The fourth-order valence-electron chi connectivity index (χ4n) is 8.20. The number of amides is 4. The molecule has 2 aromatic heterocycles. The van der Waals surface area contributed by atoms with Gasteiger partial charge in [-0.1, -0.05) is 11.8 Å². The number of halogens is 2. The summed E-state index contributed by atoms with van der Waals surface area (Å²) in [5, 5.41) is 17.8. The topological polar surface area (TPSA) is 233 Å². The van der Waals surface area contributed by atoms with Gasteiger partial charge >= 0.3 is 12.1 Å². The van der Waals surface area contributed by atoms with Gasteiger partial charge < -0.3 is 19.4 Å². The normalized spacial score (nSPS) is 20.5. The van der Waals surface area contributed by atoms with E-state index in [0.717, 1.165) is 12.5 Å². The molecule has 69 heavy (non-hydrogen) atoms. The van der Waals surface area contributed by atoms with Crippen LogP contribution in [0.4, 0.5) is 18.4 Å². The highest BCUT2D eigenvalue weighted by Gasteiger charge is 2.46. The van der Waals surface area contributed by atoms with E-state index in [4.69, 9.17) is 15.2 Å². The second-order valence-electron chi connectivity index (χ2n) is 18.4. The molecule has 4 amide bonds. The third-order valence-corrected chi connectivity index (χ3v) is 17.6. The second kappa shape index (κ2) is 20.7. The van der Waals surface area contributed by atoms with E-state index in [-0.39, 0.29) is 51.1 Å². The monoisotopic (exact) mass is 998 g/mol. The zero-order valence-corrected chi connectivity index (χ0v) is 40.7. The predicted molar refractivity (Wildman–Crippen MR) is 246 cm³/mol. The molecule has 1 unspecified atom stereocenters. The van der Waals surface area contributed by atoms with Crippen LogP contribution in [-0.4, -0.2) is 179 Å². The number of hydrogen-bond donors (Lipinski definition) is 4. The Labute approximate surface area is 400 Å². The van der Waals surface area contributed by atoms with Gasteiger partial charge in [0.1, 0.15) is 0 Å². The van der Waals surface area contributed by atoms with Crippen molar-refractivity contribution in [3.8, 4) is 47.4 Å². The number of nitrogens with zero attached hydrogens (tertiary/aromatic N) is 6. The number of likely N-dealkylation sites (tertiary alicyclic amines) is 2. The Bertz CT molecular complexity index is 2840. The fraction of sp³-hybridized carbons (Fsp3) is 0.565. The highest BCUT2D eigenvalue weighted by Crippen LogP contribution is 2.30. The lowest BCUT2D eigenvalue weighted by molar-refractivity contribution is -0.132. The molecule has 2 atom stereocenters. The van der Waals surface area contributed by atoms with Crippen molar-refractivity contribution in [3.05, 3.63) is 47.0 Å². The Morgan fingerprint density at radius 2 is 1.12 bits per heavy atom. The van der Waals surface area contributed by atoms with Crippen LogP contribution in [-0.2, 0) is 47.1 Å². The zero-order chi connectivity index (χ0) is 50.6. The summed E-state index contributed by atoms with van der Waals surface area (Å²) < 4.78 is 82.2. The number of rotatable bonds is 11. The molecule has 0 radical (unpaired) electrons. The SMILES string of the molecule is CC(CCN1Cc2cc(C#CC#CC3(F)CCN(C4COC4)CC3)cn2C1=O)(C(=O)NO)S(C)(=O)=O.CN1CCC(F)(C#CC#Cc2cc3n(c2)C(=O)N(CC[C@](C)(C(=O)NO)S(C)(=O)=O)C3)CC1. The summed E-state index contributed by atoms with van der Waals surface area (Å²) >= 11 is 0. The largest absolute Gasteiger partial charge is 0.378 e. The van der Waals surface area contributed by atoms with Gasteiger partial charge in [0.05, 0.1) is 32.3 Å². The lowest BCUT2D eigenvalue weighted by Crippen LogP contribution is -2.53. The number of aromatic nitrogens is 2. The van der Waals surface area contributed by atoms with Gasteiger partial charge in [0.15, 0.2) is 40.5 Å². The number of hydrogen-bond acceptors (Lipinski definition) is 13. The molecular weight excluding hydrogens is 943 g/mol. The Morgan fingerprint density at radius 1 is 0.725 bits per heavy atom. The molecule has 0 saturated carbocycles. The summed E-state index contributed by atoms with van der Waals surface area (Å²) in [7, 11) is -5.77. The Balaban J connectivity index is 0.000000228. The van der Waals surface area contributed by atoms with Crippen molar-refractivity contribution in [2.45, 2.75) is 92.3 Å². The van der Waals surface area contributed by atoms with Crippen LogP contribution >= 0.6 is 0 Å². The second-order valence-corrected chi connectivity index (χ2v) is 23.3. The zero-order valence-electron chi connectivity index (χ0n) is 39.0. The first-order valence-electron chi connectivity index (χ1n) is 22.1. The summed E-state index contributed by atoms with van der Waals surface area (Å²) in [4.78, 5) is 56.5. The van der Waals surface area contributed by atoms with Crippen LogP contribution in [0.15, 0.2) is 24.5 Å². The molecule has 2 aromatic rings. The van der Waals surface area contributed by atoms with Gasteiger partial charge in [0.2, 0.25) is 0 Å². The summed E-state index contributed by atoms with van der Waals surface area (Å²) in [5.74, 6) is 19.3. The third kappa shape index (κ3) is 11.8. The summed E-state index contributed by atoms with van der Waals surface area (Å²) in [5.41, 5.74) is 2.13. The maximum absolute atomic E-state index is 15.0. The van der Waals surface area contributed by atoms with Crippen LogP contribution in [0.2, 0.25) is 0 Å². The lowest BCUT2D eigenvalue weighted by Gasteiger charge is -2.42. The van der Waals surface area contributed by atoms with E-state index in [9.17, 15) is 44.8 Å². The average molecular weight is 999 g/mol. The predicted octanol–water partition coefficient (Wildman–Crippen LogP) is 1.29. The van der Waals surface area contributed by atoms with Crippen molar-refractivity contribution in [3.63, 3.8) is 0 Å². The molecule has 5 aliphatic heterocycles. The molecule has 19 nitrogen and oxygen atoms in total. The first-order chi connectivity index (χ1) is 32.3. The molecule has 0 aromatic carbocycles. The number of alkyl halides is 2. The summed E-state index contributed by atoms with van der Waals surface area (Å²) in [6, 6.07) is 3.06. The minimum atomic E-state index is -3.86. The molecular formula is C46H56F2N8O11S2. The van der Waals surface area contributed by atoms with Crippen molar-refractivity contribution in [1.82, 2.24) is 39.7 Å². The quantitative estimate of drug-likeness (QED) is 0.141. The van der Waals surface area contributed by atoms with Crippen molar-refractivity contribution in [2.24, 2.45) is 0 Å². The number of sulfone groups is 2. The van der Waals surface area contributed by atoms with Crippen molar-refractivity contribution < 1.29 is 59.9 Å². The van der Waals surface area contributed by atoms with Crippen LogP contribution in [0, 0.1) is 47.4 Å². The number of piperidine rings is 2. The molecule has 0 spiro atoms. The molecule has 0 bridgehead atoms.